The number of aromatic nitrogens is 2. The zero-order valence-corrected chi connectivity index (χ0v) is 60.0. The van der Waals surface area contributed by atoms with E-state index >= 15 is 4.79 Å². The average molecular weight is 1320 g/mol. The molecule has 0 radical (unpaired) electrons. The second kappa shape index (κ2) is 31.7. The van der Waals surface area contributed by atoms with Gasteiger partial charge in [0, 0.05) is 71.7 Å². The number of hydrogen-bond acceptors (Lipinski definition) is 18. The Morgan fingerprint density at radius 3 is 1.88 bits per heavy atom. The number of hydroxylamine groups is 2. The summed E-state index contributed by atoms with van der Waals surface area (Å²) in [7, 11) is -1.18. The highest BCUT2D eigenvalue weighted by Crippen LogP contribution is 2.52. The maximum atomic E-state index is 15.2. The van der Waals surface area contributed by atoms with Crippen molar-refractivity contribution in [1.29, 1.82) is 5.26 Å². The normalized spacial score (nSPS) is 19.1. The van der Waals surface area contributed by atoms with Gasteiger partial charge in [0.25, 0.3) is 8.53 Å². The van der Waals surface area contributed by atoms with E-state index in [1.807, 2.05) is 96.1 Å². The molecule has 0 aliphatic carbocycles. The van der Waals surface area contributed by atoms with Crippen molar-refractivity contribution in [2.75, 3.05) is 57.5 Å². The van der Waals surface area contributed by atoms with Crippen molar-refractivity contribution in [1.82, 2.24) is 19.3 Å². The van der Waals surface area contributed by atoms with Crippen molar-refractivity contribution in [3.05, 3.63) is 159 Å². The fourth-order valence-electron chi connectivity index (χ4n) is 14.6. The Hall–Kier alpha value is -6.05. The van der Waals surface area contributed by atoms with Crippen LogP contribution >= 0.6 is 8.53 Å². The molecule has 4 heterocycles. The van der Waals surface area contributed by atoms with Gasteiger partial charge in [-0.1, -0.05) is 96.1 Å². The van der Waals surface area contributed by atoms with Gasteiger partial charge < -0.3 is 51.8 Å². The highest BCUT2D eigenvalue weighted by molar-refractivity contribution is 7.44. The van der Waals surface area contributed by atoms with Gasteiger partial charge in [-0.2, -0.15) is 15.3 Å². The number of nitriles is 1. The fourth-order valence-corrected chi connectivity index (χ4v) is 21.7. The van der Waals surface area contributed by atoms with Crippen LogP contribution in [0, 0.1) is 11.3 Å². The number of nitrogens with zero attached hydrogens (tertiary/aromatic N) is 6. The Kier molecular flexibility index (Phi) is 24.8. The summed E-state index contributed by atoms with van der Waals surface area (Å²) >= 11 is 0. The molecule has 0 amide bonds. The molecule has 1 unspecified atom stereocenters. The third-order valence-corrected chi connectivity index (χ3v) is 26.6. The van der Waals surface area contributed by atoms with Crippen LogP contribution in [0.1, 0.15) is 159 Å². The molecule has 19 nitrogen and oxygen atoms in total. The van der Waals surface area contributed by atoms with E-state index in [1.54, 1.807) is 26.5 Å². The molecule has 5 atom stereocenters. The molecule has 8 rings (SSSR count). The zero-order valence-electron chi connectivity index (χ0n) is 58.1. The van der Waals surface area contributed by atoms with Crippen LogP contribution in [0.4, 0.5) is 11.5 Å². The highest BCUT2D eigenvalue weighted by Gasteiger charge is 2.53. The number of rotatable bonds is 32. The van der Waals surface area contributed by atoms with E-state index in [1.165, 1.54) is 10.6 Å². The van der Waals surface area contributed by atoms with Crippen LogP contribution in [0.2, 0.25) is 16.6 Å². The number of ether oxygens (including phenoxy) is 5. The molecule has 2 fully saturated rings. The largest absolute Gasteiger partial charge is 0.497 e. The van der Waals surface area contributed by atoms with E-state index in [0.29, 0.717) is 35.7 Å². The van der Waals surface area contributed by atoms with Crippen LogP contribution in [0.5, 0.6) is 11.5 Å². The molecule has 4 aromatic carbocycles. The Balaban J connectivity index is 1.17. The van der Waals surface area contributed by atoms with Gasteiger partial charge in [-0.3, -0.25) is 9.40 Å². The maximum Gasteiger partial charge on any atom is 0.351 e. The lowest BCUT2D eigenvalue weighted by molar-refractivity contribution is -0.289. The monoisotopic (exact) mass is 1320 g/mol. The molecule has 0 saturated carbocycles. The lowest BCUT2D eigenvalue weighted by atomic mass is 9.79. The summed E-state index contributed by atoms with van der Waals surface area (Å²) in [6.07, 6.45) is -0.927. The van der Waals surface area contributed by atoms with Crippen LogP contribution in [0.25, 0.3) is 11.0 Å². The van der Waals surface area contributed by atoms with E-state index < -0.39 is 69.4 Å². The molecular weight excluding hydrogens is 1210 g/mol. The third kappa shape index (κ3) is 16.3. The summed E-state index contributed by atoms with van der Waals surface area (Å²) in [4.78, 5) is 41.9. The minimum atomic E-state index is -2.54. The molecule has 0 bridgehead atoms. The van der Waals surface area contributed by atoms with E-state index in [0.717, 1.165) is 46.4 Å². The van der Waals surface area contributed by atoms with Gasteiger partial charge in [-0.15, -0.1) is 0 Å². The maximum absolute atomic E-state index is 15.2. The number of benzene rings is 4. The van der Waals surface area contributed by atoms with Crippen molar-refractivity contribution in [3.63, 3.8) is 0 Å². The van der Waals surface area contributed by atoms with E-state index in [9.17, 15) is 10.1 Å². The van der Waals surface area contributed by atoms with Crippen LogP contribution in [-0.4, -0.2) is 122 Å². The number of fused-ring (bicyclic) bond motifs is 1. The molecule has 2 saturated heterocycles. The first-order chi connectivity index (χ1) is 44.3. The zero-order chi connectivity index (χ0) is 67.6. The van der Waals surface area contributed by atoms with E-state index in [2.05, 4.69) is 138 Å². The van der Waals surface area contributed by atoms with Gasteiger partial charge in [0.2, 0.25) is 8.32 Å². The molecule has 1 N–H and O–H groups in total. The van der Waals surface area contributed by atoms with Crippen molar-refractivity contribution in [2.24, 2.45) is 0 Å². The van der Waals surface area contributed by atoms with Gasteiger partial charge in [0.1, 0.15) is 53.6 Å². The third-order valence-electron chi connectivity index (χ3n) is 18.4. The minimum absolute atomic E-state index is 0.0475. The molecule has 2 aromatic heterocycles. The topological polar surface area (TPSA) is 194 Å². The lowest BCUT2D eigenvalue weighted by Crippen LogP contribution is -2.62. The Bertz CT molecular complexity index is 3430. The molecule has 6 aromatic rings. The molecule has 2 aliphatic heterocycles. The second-order valence-corrected chi connectivity index (χ2v) is 34.0. The van der Waals surface area contributed by atoms with Gasteiger partial charge in [0.05, 0.1) is 46.5 Å². The van der Waals surface area contributed by atoms with Crippen molar-refractivity contribution < 1.29 is 46.4 Å². The van der Waals surface area contributed by atoms with Gasteiger partial charge in [-0.05, 0) is 163 Å². The SMILES string of the molecule is CCN(CC)c1ccc2c(CON3C(C)(C)CC(Nc4ccn([C@@H]5O[C@H](COC(c6ccccc6)(c6ccc(OC)cc6)c6ccc(OC)cc6)[C@@H](OP(OCCC#N)N(C(C)C)C(C)C)[C@H]5OCO[Si](C(C)C)(C(C)C)C(C)C)c(=O)n4)CC3(C)C)cc(=O)oc2c1. The lowest BCUT2D eigenvalue weighted by Gasteiger charge is -2.54. The summed E-state index contributed by atoms with van der Waals surface area (Å²) < 4.78 is 64.1. The van der Waals surface area contributed by atoms with Gasteiger partial charge in [0.15, 0.2) is 6.23 Å². The summed E-state index contributed by atoms with van der Waals surface area (Å²) in [5, 5.41) is 16.3. The fraction of sp³-hybridized carbons (Fsp3) is 0.556. The van der Waals surface area contributed by atoms with E-state index in [4.69, 9.17) is 51.4 Å². The molecular formula is C72H102N7O12PSi. The smallest absolute Gasteiger partial charge is 0.351 e. The Labute approximate surface area is 554 Å². The number of methoxy groups -OCH3 is 2. The molecule has 2 aliphatic rings. The van der Waals surface area contributed by atoms with Crippen LogP contribution in [0.3, 0.4) is 0 Å². The minimum Gasteiger partial charge on any atom is -0.497 e. The number of hydrogen-bond donors (Lipinski definition) is 1. The standard InChI is InChI=1S/C72H102N7O12PSi/c1-19-76(20-2)58-31-36-61-53(41-65(80)89-62(61)42-58)45-86-79-70(13,14)43-57(44-71(79,15)16)74-64-37-39-77(69(81)75-64)68-67(84-47-88-93(50(7)8,51(9)10)52(11)12)66(91-92(87-40-24-38-73)78(48(3)4)49(5)6)63(90-68)46-85-72(54-25-22-21-23-26-54,55-27-32-59(82-17)33-28-55)56-29-34-60(83-18)35-30-56/h21-23,25-37,39,41-42,48-52,57,63,66-68H,19-20,24,40,43-47H2,1-18H3,(H,74,75,81)/t63-,66-,67-,68-,92?/m1/s1. The Morgan fingerprint density at radius 1 is 0.774 bits per heavy atom. The summed E-state index contributed by atoms with van der Waals surface area (Å²) in [5.41, 5.74) is 2.13. The first-order valence-corrected chi connectivity index (χ1v) is 36.3. The van der Waals surface area contributed by atoms with Crippen LogP contribution in [0.15, 0.2) is 129 Å². The summed E-state index contributed by atoms with van der Waals surface area (Å²) in [5.74, 6) is 1.75. The van der Waals surface area contributed by atoms with E-state index in [-0.39, 0.29) is 67.8 Å². The predicted molar refractivity (Wildman–Crippen MR) is 370 cm³/mol. The first kappa shape index (κ1) is 72.8. The number of piperidine rings is 1. The molecule has 21 heteroatoms. The van der Waals surface area contributed by atoms with Crippen molar-refractivity contribution in [3.8, 4) is 17.6 Å². The number of nitrogens with one attached hydrogen (secondary N) is 1. The first-order valence-electron chi connectivity index (χ1n) is 33.0. The predicted octanol–water partition coefficient (Wildman–Crippen LogP) is 14.9. The van der Waals surface area contributed by atoms with Gasteiger partial charge in [-0.25, -0.2) is 14.3 Å². The highest BCUT2D eigenvalue weighted by atomic mass is 31.2. The molecule has 0 spiro atoms. The summed E-state index contributed by atoms with van der Waals surface area (Å²) in [6.45, 7) is 36.2. The summed E-state index contributed by atoms with van der Waals surface area (Å²) in [6, 6.07) is 37.0. The van der Waals surface area contributed by atoms with Crippen molar-refractivity contribution in [2.45, 2.75) is 213 Å². The van der Waals surface area contributed by atoms with Crippen LogP contribution < -0.4 is 31.0 Å². The second-order valence-electron chi connectivity index (χ2n) is 27.1. The van der Waals surface area contributed by atoms with Crippen molar-refractivity contribution >= 4 is 39.3 Å². The van der Waals surface area contributed by atoms with Gasteiger partial charge >= 0.3 is 11.3 Å². The molecule has 93 heavy (non-hydrogen) atoms. The Morgan fingerprint density at radius 2 is 1.35 bits per heavy atom. The van der Waals surface area contributed by atoms with Crippen LogP contribution in [-0.2, 0) is 44.7 Å². The number of anilines is 2. The average Bonchev–Trinajstić information content (AvgIpc) is 1.66. The molecule has 506 valence electrons. The quantitative estimate of drug-likeness (QED) is 0.0105.